The number of carbonyl (C=O) groups excluding carboxylic acids is 1. The first kappa shape index (κ1) is 15.5. The number of hydrogen-bond acceptors (Lipinski definition) is 5. The summed E-state index contributed by atoms with van der Waals surface area (Å²) in [5.74, 6) is 0.849. The molecule has 3 rings (SSSR count). The predicted octanol–water partition coefficient (Wildman–Crippen LogP) is 2.49. The van der Waals surface area contributed by atoms with Crippen LogP contribution in [-0.4, -0.2) is 28.4 Å². The molecule has 0 spiro atoms. The summed E-state index contributed by atoms with van der Waals surface area (Å²) in [4.78, 5) is 12.3. The lowest BCUT2D eigenvalue weighted by molar-refractivity contribution is 0.0946. The van der Waals surface area contributed by atoms with Gasteiger partial charge in [0.1, 0.15) is 5.75 Å². The molecule has 2 aromatic carbocycles. The number of benzene rings is 2. The average Bonchev–Trinajstić information content (AvgIpc) is 3.09. The molecular formula is C17H17N5O2. The fraction of sp³-hybridized carbons (Fsp3) is 0.118. The van der Waals surface area contributed by atoms with Gasteiger partial charge in [-0.15, -0.1) is 10.2 Å². The van der Waals surface area contributed by atoms with Crippen LogP contribution >= 0.6 is 0 Å². The van der Waals surface area contributed by atoms with E-state index in [1.165, 1.54) is 0 Å². The van der Waals surface area contributed by atoms with Crippen LogP contribution in [0, 0.1) is 0 Å². The van der Waals surface area contributed by atoms with Gasteiger partial charge in [0.15, 0.2) is 11.5 Å². The number of para-hydroxylation sites is 1. The molecule has 3 N–H and O–H groups in total. The Hall–Kier alpha value is -3.35. The summed E-state index contributed by atoms with van der Waals surface area (Å²) in [5, 5.41) is 16.3. The molecule has 1 amide bonds. The molecule has 3 aromatic rings. The molecule has 0 aliphatic heterocycles. The highest BCUT2D eigenvalue weighted by atomic mass is 16.5. The lowest BCUT2D eigenvalue weighted by atomic mass is 10.2. The standard InChI is InChI=1S/C17H17N5O2/c1-24-14-9-7-12(8-10-14)11-18-17(23)15-16(21-22-20-15)19-13-5-3-2-4-6-13/h2-10H,11H2,1H3,(H,18,23)(H2,19,20,21,22). The van der Waals surface area contributed by atoms with Gasteiger partial charge in [-0.3, -0.25) is 4.79 Å². The SMILES string of the molecule is COc1ccc(CNC(=O)c2n[nH]nc2Nc2ccccc2)cc1. The molecule has 0 saturated carbocycles. The fourth-order valence-corrected chi connectivity index (χ4v) is 2.14. The molecule has 24 heavy (non-hydrogen) atoms. The number of nitrogens with zero attached hydrogens (tertiary/aromatic N) is 2. The number of aromatic nitrogens is 3. The molecule has 0 atom stereocenters. The van der Waals surface area contributed by atoms with Crippen molar-refractivity contribution < 1.29 is 9.53 Å². The van der Waals surface area contributed by atoms with Gasteiger partial charge < -0.3 is 15.4 Å². The zero-order valence-electron chi connectivity index (χ0n) is 13.1. The first-order valence-corrected chi connectivity index (χ1v) is 7.40. The first-order valence-electron chi connectivity index (χ1n) is 7.40. The van der Waals surface area contributed by atoms with Crippen molar-refractivity contribution >= 4 is 17.4 Å². The topological polar surface area (TPSA) is 91.9 Å². The van der Waals surface area contributed by atoms with E-state index in [0.29, 0.717) is 12.4 Å². The number of aromatic amines is 1. The number of methoxy groups -OCH3 is 1. The maximum absolute atomic E-state index is 12.3. The molecule has 0 saturated heterocycles. The van der Waals surface area contributed by atoms with Crippen LogP contribution in [0.4, 0.5) is 11.5 Å². The molecule has 1 aromatic heterocycles. The Bertz CT molecular complexity index is 799. The van der Waals surface area contributed by atoms with Crippen LogP contribution in [-0.2, 0) is 6.54 Å². The number of ether oxygens (including phenoxy) is 1. The lowest BCUT2D eigenvalue weighted by Crippen LogP contribution is -2.24. The molecule has 0 unspecified atom stereocenters. The van der Waals surface area contributed by atoms with Crippen molar-refractivity contribution in [2.24, 2.45) is 0 Å². The second-order valence-corrected chi connectivity index (χ2v) is 5.04. The Balaban J connectivity index is 1.64. The van der Waals surface area contributed by atoms with E-state index >= 15 is 0 Å². The van der Waals surface area contributed by atoms with Crippen molar-refractivity contribution in [1.82, 2.24) is 20.7 Å². The van der Waals surface area contributed by atoms with Gasteiger partial charge in [-0.25, -0.2) is 0 Å². The summed E-state index contributed by atoms with van der Waals surface area (Å²) in [6.45, 7) is 0.389. The van der Waals surface area contributed by atoms with Gasteiger partial charge in [0.2, 0.25) is 0 Å². The zero-order valence-corrected chi connectivity index (χ0v) is 13.1. The van der Waals surface area contributed by atoms with E-state index in [-0.39, 0.29) is 11.6 Å². The van der Waals surface area contributed by atoms with Gasteiger partial charge in [0.05, 0.1) is 7.11 Å². The monoisotopic (exact) mass is 323 g/mol. The van der Waals surface area contributed by atoms with Crippen molar-refractivity contribution in [3.8, 4) is 5.75 Å². The average molecular weight is 323 g/mol. The van der Waals surface area contributed by atoms with Crippen LogP contribution < -0.4 is 15.4 Å². The third-order valence-electron chi connectivity index (χ3n) is 3.41. The highest BCUT2D eigenvalue weighted by Crippen LogP contribution is 2.16. The van der Waals surface area contributed by atoms with E-state index in [1.54, 1.807) is 7.11 Å². The number of rotatable bonds is 6. The maximum atomic E-state index is 12.3. The quantitative estimate of drug-likeness (QED) is 0.648. The third kappa shape index (κ3) is 3.70. The summed E-state index contributed by atoms with van der Waals surface area (Å²) in [6.07, 6.45) is 0. The van der Waals surface area contributed by atoms with E-state index in [2.05, 4.69) is 26.0 Å². The third-order valence-corrected chi connectivity index (χ3v) is 3.41. The Morgan fingerprint density at radius 3 is 2.54 bits per heavy atom. The van der Waals surface area contributed by atoms with E-state index < -0.39 is 0 Å². The van der Waals surface area contributed by atoms with Gasteiger partial charge >= 0.3 is 0 Å². The summed E-state index contributed by atoms with van der Waals surface area (Å²) < 4.78 is 5.11. The van der Waals surface area contributed by atoms with Crippen LogP contribution in [0.25, 0.3) is 0 Å². The smallest absolute Gasteiger partial charge is 0.275 e. The fourth-order valence-electron chi connectivity index (χ4n) is 2.14. The molecular weight excluding hydrogens is 306 g/mol. The summed E-state index contributed by atoms with van der Waals surface area (Å²) in [5.41, 5.74) is 2.01. The van der Waals surface area contributed by atoms with Gasteiger partial charge in [0.25, 0.3) is 5.91 Å². The molecule has 122 valence electrons. The number of hydrogen-bond donors (Lipinski definition) is 3. The Labute approximate surface area is 139 Å². The number of amides is 1. The number of carbonyl (C=O) groups is 1. The minimum Gasteiger partial charge on any atom is -0.497 e. The predicted molar refractivity (Wildman–Crippen MR) is 90.3 cm³/mol. The summed E-state index contributed by atoms with van der Waals surface area (Å²) in [6, 6.07) is 17.0. The molecule has 0 fully saturated rings. The van der Waals surface area contributed by atoms with Gasteiger partial charge in [-0.2, -0.15) is 5.21 Å². The normalized spacial score (nSPS) is 10.2. The van der Waals surface area contributed by atoms with Crippen molar-refractivity contribution in [3.05, 3.63) is 65.9 Å². The number of H-pyrrole nitrogens is 1. The second-order valence-electron chi connectivity index (χ2n) is 5.04. The van der Waals surface area contributed by atoms with E-state index in [4.69, 9.17) is 4.74 Å². The Morgan fingerprint density at radius 2 is 1.83 bits per heavy atom. The maximum Gasteiger partial charge on any atom is 0.275 e. The van der Waals surface area contributed by atoms with Gasteiger partial charge in [0, 0.05) is 12.2 Å². The van der Waals surface area contributed by atoms with E-state index in [0.717, 1.165) is 17.0 Å². The van der Waals surface area contributed by atoms with Crippen molar-refractivity contribution in [2.45, 2.75) is 6.54 Å². The molecule has 1 heterocycles. The molecule has 0 radical (unpaired) electrons. The Kier molecular flexibility index (Phi) is 4.71. The molecule has 0 aliphatic carbocycles. The highest BCUT2D eigenvalue weighted by molar-refractivity contribution is 5.97. The molecule has 7 heteroatoms. The van der Waals surface area contributed by atoms with Crippen LogP contribution in [0.2, 0.25) is 0 Å². The highest BCUT2D eigenvalue weighted by Gasteiger charge is 2.16. The van der Waals surface area contributed by atoms with Crippen LogP contribution in [0.15, 0.2) is 54.6 Å². The molecule has 7 nitrogen and oxygen atoms in total. The Morgan fingerprint density at radius 1 is 1.08 bits per heavy atom. The van der Waals surface area contributed by atoms with E-state index in [9.17, 15) is 4.79 Å². The van der Waals surface area contributed by atoms with Crippen molar-refractivity contribution in [2.75, 3.05) is 12.4 Å². The van der Waals surface area contributed by atoms with Crippen LogP contribution in [0.5, 0.6) is 5.75 Å². The lowest BCUT2D eigenvalue weighted by Gasteiger charge is -2.07. The number of nitrogens with one attached hydrogen (secondary N) is 3. The van der Waals surface area contributed by atoms with Crippen molar-refractivity contribution in [3.63, 3.8) is 0 Å². The minimum absolute atomic E-state index is 0.215. The zero-order chi connectivity index (χ0) is 16.8. The van der Waals surface area contributed by atoms with Gasteiger partial charge in [-0.1, -0.05) is 30.3 Å². The molecule has 0 bridgehead atoms. The van der Waals surface area contributed by atoms with Crippen LogP contribution in [0.1, 0.15) is 16.1 Å². The first-order chi connectivity index (χ1) is 11.8. The summed E-state index contributed by atoms with van der Waals surface area (Å²) in [7, 11) is 1.61. The second kappa shape index (κ2) is 7.28. The summed E-state index contributed by atoms with van der Waals surface area (Å²) >= 11 is 0. The largest absolute Gasteiger partial charge is 0.497 e. The van der Waals surface area contributed by atoms with Gasteiger partial charge in [-0.05, 0) is 29.8 Å². The van der Waals surface area contributed by atoms with E-state index in [1.807, 2.05) is 54.6 Å². The number of anilines is 2. The van der Waals surface area contributed by atoms with Crippen molar-refractivity contribution in [1.29, 1.82) is 0 Å². The molecule has 0 aliphatic rings. The minimum atomic E-state index is -0.307. The van der Waals surface area contributed by atoms with Crippen LogP contribution in [0.3, 0.4) is 0 Å².